The fourth-order valence-electron chi connectivity index (χ4n) is 2.74. The smallest absolute Gasteiger partial charge is 0.262 e. The van der Waals surface area contributed by atoms with Gasteiger partial charge in [0.25, 0.3) is 10.0 Å². The van der Waals surface area contributed by atoms with Gasteiger partial charge in [0.1, 0.15) is 5.82 Å². The number of benzene rings is 2. The molecule has 0 bridgehead atoms. The van der Waals surface area contributed by atoms with Crippen molar-refractivity contribution in [3.63, 3.8) is 0 Å². The van der Waals surface area contributed by atoms with E-state index in [0.717, 1.165) is 16.8 Å². The lowest BCUT2D eigenvalue weighted by molar-refractivity contribution is 0.600. The van der Waals surface area contributed by atoms with Crippen molar-refractivity contribution in [3.8, 4) is 0 Å². The van der Waals surface area contributed by atoms with Crippen molar-refractivity contribution < 1.29 is 8.42 Å². The molecule has 0 saturated heterocycles. The summed E-state index contributed by atoms with van der Waals surface area (Å²) < 4.78 is 27.6. The molecule has 134 valence electrons. The molecule has 5 nitrogen and oxygen atoms in total. The second-order valence-corrected chi connectivity index (χ2v) is 7.85. The fraction of sp³-hybridized carbons (Fsp3) is 0.150. The van der Waals surface area contributed by atoms with E-state index in [9.17, 15) is 8.42 Å². The summed E-state index contributed by atoms with van der Waals surface area (Å²) >= 11 is 0. The Hall–Kier alpha value is -2.86. The Morgan fingerprint density at radius 3 is 2.08 bits per heavy atom. The number of hydrogen-bond acceptors (Lipinski definition) is 4. The number of rotatable bonds is 5. The lowest BCUT2D eigenvalue weighted by Crippen LogP contribution is -2.14. The van der Waals surface area contributed by atoms with Crippen molar-refractivity contribution in [3.05, 3.63) is 77.5 Å². The average Bonchev–Trinajstić information content (AvgIpc) is 2.60. The monoisotopic (exact) mass is 367 g/mol. The minimum atomic E-state index is -3.64. The minimum absolute atomic E-state index is 0.262. The van der Waals surface area contributed by atoms with Crippen LogP contribution >= 0.6 is 0 Å². The molecule has 3 aromatic rings. The molecule has 2 N–H and O–H groups in total. The Morgan fingerprint density at radius 2 is 1.46 bits per heavy atom. The molecule has 0 aliphatic rings. The fourth-order valence-corrected chi connectivity index (χ4v) is 4.03. The summed E-state index contributed by atoms with van der Waals surface area (Å²) in [5, 5.41) is 3.28. The second-order valence-electron chi connectivity index (χ2n) is 6.19. The van der Waals surface area contributed by atoms with Crippen LogP contribution in [0.2, 0.25) is 0 Å². The van der Waals surface area contributed by atoms with Crippen molar-refractivity contribution >= 4 is 27.2 Å². The first-order valence-corrected chi connectivity index (χ1v) is 9.73. The Kier molecular flexibility index (Phi) is 4.95. The Balaban J connectivity index is 1.79. The van der Waals surface area contributed by atoms with Crippen LogP contribution < -0.4 is 10.0 Å². The molecule has 0 aliphatic heterocycles. The SMILES string of the molecule is Cc1ccccc1S(=O)(=O)Nc1ccc(Nc2c(C)cccc2C)nc1. The highest BCUT2D eigenvalue weighted by Crippen LogP contribution is 2.24. The summed E-state index contributed by atoms with van der Waals surface area (Å²) in [6.07, 6.45) is 1.51. The number of aromatic nitrogens is 1. The number of sulfonamides is 1. The summed E-state index contributed by atoms with van der Waals surface area (Å²) in [7, 11) is -3.64. The van der Waals surface area contributed by atoms with Gasteiger partial charge in [0, 0.05) is 5.69 Å². The van der Waals surface area contributed by atoms with Crippen LogP contribution in [-0.4, -0.2) is 13.4 Å². The summed E-state index contributed by atoms with van der Waals surface area (Å²) in [5.74, 6) is 0.654. The van der Waals surface area contributed by atoms with Gasteiger partial charge in [-0.1, -0.05) is 36.4 Å². The van der Waals surface area contributed by atoms with E-state index in [1.807, 2.05) is 38.1 Å². The highest BCUT2D eigenvalue weighted by atomic mass is 32.2. The third-order valence-electron chi connectivity index (χ3n) is 4.13. The van der Waals surface area contributed by atoms with Gasteiger partial charge < -0.3 is 5.32 Å². The first-order chi connectivity index (χ1) is 12.4. The number of para-hydroxylation sites is 1. The van der Waals surface area contributed by atoms with Crippen LogP contribution in [0.4, 0.5) is 17.2 Å². The first-order valence-electron chi connectivity index (χ1n) is 8.24. The summed E-state index contributed by atoms with van der Waals surface area (Å²) in [4.78, 5) is 4.58. The predicted molar refractivity (Wildman–Crippen MR) is 105 cm³/mol. The van der Waals surface area contributed by atoms with E-state index in [2.05, 4.69) is 15.0 Å². The van der Waals surface area contributed by atoms with Gasteiger partial charge >= 0.3 is 0 Å². The van der Waals surface area contributed by atoms with Crippen molar-refractivity contribution in [2.75, 3.05) is 10.0 Å². The normalized spacial score (nSPS) is 11.2. The molecule has 1 heterocycles. The van der Waals surface area contributed by atoms with Gasteiger partial charge in [0.05, 0.1) is 16.8 Å². The van der Waals surface area contributed by atoms with Crippen LogP contribution in [0.1, 0.15) is 16.7 Å². The number of anilines is 3. The molecule has 3 rings (SSSR count). The zero-order valence-corrected chi connectivity index (χ0v) is 15.8. The molecule has 0 unspecified atom stereocenters. The third-order valence-corrected chi connectivity index (χ3v) is 5.67. The molecule has 0 radical (unpaired) electrons. The molecular weight excluding hydrogens is 346 g/mol. The highest BCUT2D eigenvalue weighted by Gasteiger charge is 2.16. The van der Waals surface area contributed by atoms with E-state index < -0.39 is 10.0 Å². The number of nitrogens with zero attached hydrogens (tertiary/aromatic N) is 1. The lowest BCUT2D eigenvalue weighted by atomic mass is 10.1. The molecule has 0 saturated carbocycles. The average molecular weight is 367 g/mol. The molecule has 26 heavy (non-hydrogen) atoms. The maximum Gasteiger partial charge on any atom is 0.262 e. The maximum absolute atomic E-state index is 12.5. The van der Waals surface area contributed by atoms with E-state index in [1.165, 1.54) is 6.20 Å². The van der Waals surface area contributed by atoms with E-state index in [1.54, 1.807) is 37.3 Å². The number of pyridine rings is 1. The van der Waals surface area contributed by atoms with Crippen molar-refractivity contribution in [2.24, 2.45) is 0 Å². The Labute approximate surface area is 154 Å². The van der Waals surface area contributed by atoms with Gasteiger partial charge in [-0.25, -0.2) is 13.4 Å². The molecule has 2 aromatic carbocycles. The predicted octanol–water partition coefficient (Wildman–Crippen LogP) is 4.55. The van der Waals surface area contributed by atoms with Gasteiger partial charge in [-0.05, 0) is 55.7 Å². The van der Waals surface area contributed by atoms with Crippen molar-refractivity contribution in [2.45, 2.75) is 25.7 Å². The van der Waals surface area contributed by atoms with Crippen LogP contribution in [0.25, 0.3) is 0 Å². The van der Waals surface area contributed by atoms with Crippen LogP contribution in [0.15, 0.2) is 65.7 Å². The lowest BCUT2D eigenvalue weighted by Gasteiger charge is -2.13. The molecule has 1 aromatic heterocycles. The standard InChI is InChI=1S/C20H21N3O2S/c1-14-7-4-5-10-18(14)26(24,25)23-17-11-12-19(21-13-17)22-20-15(2)8-6-9-16(20)3/h4-13,23H,1-3H3,(H,21,22). The maximum atomic E-state index is 12.5. The zero-order valence-electron chi connectivity index (χ0n) is 14.9. The quantitative estimate of drug-likeness (QED) is 0.694. The van der Waals surface area contributed by atoms with Crippen LogP contribution in [0, 0.1) is 20.8 Å². The second kappa shape index (κ2) is 7.17. The molecule has 0 aliphatic carbocycles. The molecule has 0 fully saturated rings. The molecule has 6 heteroatoms. The van der Waals surface area contributed by atoms with Gasteiger partial charge in [0.2, 0.25) is 0 Å². The van der Waals surface area contributed by atoms with Crippen LogP contribution in [0.3, 0.4) is 0 Å². The van der Waals surface area contributed by atoms with Crippen molar-refractivity contribution in [1.29, 1.82) is 0 Å². The van der Waals surface area contributed by atoms with Gasteiger partial charge in [-0.3, -0.25) is 4.72 Å². The number of hydrogen-bond donors (Lipinski definition) is 2. The topological polar surface area (TPSA) is 71.1 Å². The molecular formula is C20H21N3O2S. The highest BCUT2D eigenvalue weighted by molar-refractivity contribution is 7.92. The largest absolute Gasteiger partial charge is 0.340 e. The third kappa shape index (κ3) is 3.86. The minimum Gasteiger partial charge on any atom is -0.340 e. The van der Waals surface area contributed by atoms with Gasteiger partial charge in [0.15, 0.2) is 0 Å². The summed E-state index contributed by atoms with van der Waals surface area (Å²) in [6, 6.07) is 16.4. The summed E-state index contributed by atoms with van der Waals surface area (Å²) in [6.45, 7) is 5.82. The number of aryl methyl sites for hydroxylation is 3. The Morgan fingerprint density at radius 1 is 0.808 bits per heavy atom. The summed E-state index contributed by atoms with van der Waals surface area (Å²) in [5.41, 5.74) is 4.36. The van der Waals surface area contributed by atoms with Gasteiger partial charge in [-0.15, -0.1) is 0 Å². The molecule has 0 amide bonds. The van der Waals surface area contributed by atoms with Crippen LogP contribution in [-0.2, 0) is 10.0 Å². The van der Waals surface area contributed by atoms with E-state index in [0.29, 0.717) is 17.1 Å². The first kappa shape index (κ1) is 17.9. The van der Waals surface area contributed by atoms with Crippen molar-refractivity contribution in [1.82, 2.24) is 4.98 Å². The Bertz CT molecular complexity index is 1010. The zero-order chi connectivity index (χ0) is 18.7. The van der Waals surface area contributed by atoms with Crippen LogP contribution in [0.5, 0.6) is 0 Å². The molecule has 0 atom stereocenters. The van der Waals surface area contributed by atoms with E-state index in [4.69, 9.17) is 0 Å². The van der Waals surface area contributed by atoms with Gasteiger partial charge in [-0.2, -0.15) is 0 Å². The van der Waals surface area contributed by atoms with E-state index in [-0.39, 0.29) is 4.90 Å². The number of nitrogens with one attached hydrogen (secondary N) is 2. The molecule has 0 spiro atoms. The van der Waals surface area contributed by atoms with E-state index >= 15 is 0 Å².